The number of benzene rings is 1. The van der Waals surface area contributed by atoms with E-state index in [1.54, 1.807) is 6.07 Å². The van der Waals surface area contributed by atoms with Crippen LogP contribution in [-0.4, -0.2) is 16.1 Å². The van der Waals surface area contributed by atoms with Crippen molar-refractivity contribution in [1.29, 1.82) is 0 Å². The summed E-state index contributed by atoms with van der Waals surface area (Å²) in [5.41, 5.74) is -0.00736. The van der Waals surface area contributed by atoms with E-state index >= 15 is 0 Å². The van der Waals surface area contributed by atoms with Crippen molar-refractivity contribution in [3.63, 3.8) is 0 Å². The molecule has 1 aromatic carbocycles. The van der Waals surface area contributed by atoms with E-state index in [1.807, 2.05) is 18.2 Å². The second kappa shape index (κ2) is 4.63. The fourth-order valence-corrected chi connectivity index (χ4v) is 2.04. The molecule has 82 valence electrons. The number of hydrogen-bond donors (Lipinski definition) is 1. The van der Waals surface area contributed by atoms with Crippen LogP contribution >= 0.6 is 27.3 Å². The van der Waals surface area contributed by atoms with Gasteiger partial charge in [0.15, 0.2) is 5.69 Å². The fourth-order valence-electron chi connectivity index (χ4n) is 1.02. The molecule has 0 aliphatic heterocycles. The predicted octanol–water partition coefficient (Wildman–Crippen LogP) is 3.40. The van der Waals surface area contributed by atoms with Crippen LogP contribution in [0.5, 0.6) is 10.9 Å². The highest BCUT2D eigenvalue weighted by Crippen LogP contribution is 2.30. The number of thiazole rings is 1. The summed E-state index contributed by atoms with van der Waals surface area (Å²) in [5.74, 6) is -0.452. The summed E-state index contributed by atoms with van der Waals surface area (Å²) in [5, 5.41) is 10.4. The molecule has 0 atom stereocenters. The molecule has 4 nitrogen and oxygen atoms in total. The first-order chi connectivity index (χ1) is 7.66. The first-order valence-electron chi connectivity index (χ1n) is 4.28. The van der Waals surface area contributed by atoms with E-state index in [2.05, 4.69) is 20.9 Å². The highest BCUT2D eigenvalue weighted by atomic mass is 79.9. The van der Waals surface area contributed by atoms with Gasteiger partial charge in [-0.3, -0.25) is 0 Å². The largest absolute Gasteiger partial charge is 0.476 e. The van der Waals surface area contributed by atoms with Crippen molar-refractivity contribution in [1.82, 2.24) is 4.98 Å². The number of aromatic carboxylic acids is 1. The summed E-state index contributed by atoms with van der Waals surface area (Å²) in [6.45, 7) is 0. The van der Waals surface area contributed by atoms with Crippen LogP contribution in [0, 0.1) is 0 Å². The molecule has 0 amide bonds. The van der Waals surface area contributed by atoms with Gasteiger partial charge in [0, 0.05) is 5.38 Å². The van der Waals surface area contributed by atoms with Crippen molar-refractivity contribution in [2.45, 2.75) is 0 Å². The summed E-state index contributed by atoms with van der Waals surface area (Å²) in [7, 11) is 0. The molecule has 0 saturated carbocycles. The Bertz CT molecular complexity index is 526. The van der Waals surface area contributed by atoms with Gasteiger partial charge < -0.3 is 9.84 Å². The van der Waals surface area contributed by atoms with Crippen molar-refractivity contribution in [2.24, 2.45) is 0 Å². The van der Waals surface area contributed by atoms with E-state index in [4.69, 9.17) is 9.84 Å². The maximum absolute atomic E-state index is 10.6. The van der Waals surface area contributed by atoms with Crippen LogP contribution < -0.4 is 4.74 Å². The predicted molar refractivity (Wildman–Crippen MR) is 63.3 cm³/mol. The zero-order chi connectivity index (χ0) is 11.5. The van der Waals surface area contributed by atoms with E-state index in [-0.39, 0.29) is 5.69 Å². The molecule has 2 rings (SSSR count). The lowest BCUT2D eigenvalue weighted by molar-refractivity contribution is 0.0690. The number of aromatic nitrogens is 1. The smallest absolute Gasteiger partial charge is 0.355 e. The molecule has 0 fully saturated rings. The molecule has 0 aliphatic carbocycles. The SMILES string of the molecule is O=C(O)c1csc(Oc2ccccc2Br)n1. The van der Waals surface area contributed by atoms with Gasteiger partial charge in [-0.1, -0.05) is 23.5 Å². The zero-order valence-corrected chi connectivity index (χ0v) is 10.3. The van der Waals surface area contributed by atoms with Crippen LogP contribution in [0.4, 0.5) is 0 Å². The molecule has 2 aromatic rings. The van der Waals surface area contributed by atoms with Gasteiger partial charge in [0.25, 0.3) is 5.19 Å². The number of rotatable bonds is 3. The molecule has 0 saturated heterocycles. The average Bonchev–Trinajstić information content (AvgIpc) is 2.70. The van der Waals surface area contributed by atoms with Crippen LogP contribution in [0.2, 0.25) is 0 Å². The Kier molecular flexibility index (Phi) is 3.21. The van der Waals surface area contributed by atoms with Gasteiger partial charge in [0.2, 0.25) is 0 Å². The van der Waals surface area contributed by atoms with Gasteiger partial charge in [-0.2, -0.15) is 4.98 Å². The lowest BCUT2D eigenvalue weighted by Crippen LogP contribution is -1.95. The summed E-state index contributed by atoms with van der Waals surface area (Å²) < 4.78 is 6.23. The standard InChI is InChI=1S/C10H6BrNO3S/c11-6-3-1-2-4-8(6)15-10-12-7(5-16-10)9(13)14/h1-5H,(H,13,14). The Morgan fingerprint density at radius 2 is 2.19 bits per heavy atom. The van der Waals surface area contributed by atoms with Gasteiger partial charge in [0.1, 0.15) is 5.75 Å². The average molecular weight is 300 g/mol. The van der Waals surface area contributed by atoms with Crippen LogP contribution in [0.3, 0.4) is 0 Å². The van der Waals surface area contributed by atoms with Crippen LogP contribution in [0.1, 0.15) is 10.5 Å². The van der Waals surface area contributed by atoms with Crippen molar-refractivity contribution in [3.05, 3.63) is 39.8 Å². The molecule has 1 heterocycles. The second-order valence-electron chi connectivity index (χ2n) is 2.84. The number of para-hydroxylation sites is 1. The molecule has 0 aliphatic rings. The topological polar surface area (TPSA) is 59.4 Å². The minimum Gasteiger partial charge on any atom is -0.476 e. The Morgan fingerprint density at radius 3 is 2.81 bits per heavy atom. The van der Waals surface area contributed by atoms with E-state index in [9.17, 15) is 4.79 Å². The maximum Gasteiger partial charge on any atom is 0.355 e. The highest BCUT2D eigenvalue weighted by molar-refractivity contribution is 9.10. The minimum absolute atomic E-state index is 0.00736. The van der Waals surface area contributed by atoms with E-state index < -0.39 is 5.97 Å². The molecule has 0 radical (unpaired) electrons. The third-order valence-electron chi connectivity index (χ3n) is 1.74. The number of halogens is 1. The molecule has 0 unspecified atom stereocenters. The molecule has 16 heavy (non-hydrogen) atoms. The lowest BCUT2D eigenvalue weighted by Gasteiger charge is -2.02. The van der Waals surface area contributed by atoms with Gasteiger partial charge in [-0.15, -0.1) is 0 Å². The number of carbonyl (C=O) groups is 1. The van der Waals surface area contributed by atoms with Crippen LogP contribution in [0.15, 0.2) is 34.1 Å². The zero-order valence-electron chi connectivity index (χ0n) is 7.88. The van der Waals surface area contributed by atoms with E-state index in [0.29, 0.717) is 10.9 Å². The highest BCUT2D eigenvalue weighted by Gasteiger charge is 2.10. The quantitative estimate of drug-likeness (QED) is 0.944. The Balaban J connectivity index is 2.21. The number of carboxylic acids is 1. The molecule has 1 N–H and O–H groups in total. The number of nitrogens with zero attached hydrogens (tertiary/aromatic N) is 1. The van der Waals surface area contributed by atoms with Gasteiger partial charge >= 0.3 is 5.97 Å². The molecular weight excluding hydrogens is 294 g/mol. The van der Waals surface area contributed by atoms with Crippen LogP contribution in [0.25, 0.3) is 0 Å². The molecule has 0 bridgehead atoms. The Hall–Kier alpha value is -1.40. The summed E-state index contributed by atoms with van der Waals surface area (Å²) in [6, 6.07) is 7.29. The second-order valence-corrected chi connectivity index (χ2v) is 4.51. The number of carboxylic acid groups (broad SMARTS) is 1. The normalized spacial score (nSPS) is 10.1. The molecule has 6 heteroatoms. The summed E-state index contributed by atoms with van der Waals surface area (Å²) in [4.78, 5) is 14.4. The monoisotopic (exact) mass is 299 g/mol. The number of ether oxygens (including phenoxy) is 1. The molecule has 1 aromatic heterocycles. The Labute approximate surface area is 104 Å². The van der Waals surface area contributed by atoms with E-state index in [0.717, 1.165) is 15.8 Å². The Morgan fingerprint density at radius 1 is 1.44 bits per heavy atom. The molecular formula is C10H6BrNO3S. The van der Waals surface area contributed by atoms with Gasteiger partial charge in [0.05, 0.1) is 4.47 Å². The van der Waals surface area contributed by atoms with Gasteiger partial charge in [-0.25, -0.2) is 4.79 Å². The first kappa shape index (κ1) is 11.1. The third kappa shape index (κ3) is 2.40. The summed E-state index contributed by atoms with van der Waals surface area (Å²) >= 11 is 4.47. The van der Waals surface area contributed by atoms with Gasteiger partial charge in [-0.05, 0) is 28.1 Å². The van der Waals surface area contributed by atoms with Crippen molar-refractivity contribution in [3.8, 4) is 10.9 Å². The first-order valence-corrected chi connectivity index (χ1v) is 5.95. The van der Waals surface area contributed by atoms with Crippen molar-refractivity contribution < 1.29 is 14.6 Å². The van der Waals surface area contributed by atoms with E-state index in [1.165, 1.54) is 5.38 Å². The number of hydrogen-bond acceptors (Lipinski definition) is 4. The maximum atomic E-state index is 10.6. The third-order valence-corrected chi connectivity index (χ3v) is 3.11. The summed E-state index contributed by atoms with van der Waals surface area (Å²) in [6.07, 6.45) is 0. The lowest BCUT2D eigenvalue weighted by atomic mass is 10.3. The van der Waals surface area contributed by atoms with Crippen molar-refractivity contribution in [2.75, 3.05) is 0 Å². The fraction of sp³-hybridized carbons (Fsp3) is 0. The van der Waals surface area contributed by atoms with Crippen LogP contribution in [-0.2, 0) is 0 Å². The molecule has 0 spiro atoms. The van der Waals surface area contributed by atoms with Crippen molar-refractivity contribution >= 4 is 33.2 Å². The minimum atomic E-state index is -1.06.